The van der Waals surface area contributed by atoms with Crippen LogP contribution in [-0.4, -0.2) is 92.0 Å². The molecule has 0 aromatic heterocycles. The molecule has 3 rings (SSSR count). The van der Waals surface area contributed by atoms with E-state index in [4.69, 9.17) is 9.47 Å². The number of hydrogen-bond acceptors (Lipinski definition) is 6. The normalized spacial score (nSPS) is 24.9. The van der Waals surface area contributed by atoms with E-state index in [9.17, 15) is 19.2 Å². The first-order chi connectivity index (χ1) is 16.3. The van der Waals surface area contributed by atoms with Crippen molar-refractivity contribution in [1.29, 1.82) is 0 Å². The smallest absolute Gasteiger partial charge is 0.255 e. The maximum atomic E-state index is 13.4. The first-order valence-electron chi connectivity index (χ1n) is 11.7. The lowest BCUT2D eigenvalue weighted by molar-refractivity contribution is -0.136. The van der Waals surface area contributed by atoms with Crippen molar-refractivity contribution in [3.05, 3.63) is 29.8 Å². The van der Waals surface area contributed by atoms with Crippen LogP contribution in [0.5, 0.6) is 5.75 Å². The van der Waals surface area contributed by atoms with Crippen LogP contribution in [-0.2, 0) is 19.1 Å². The van der Waals surface area contributed by atoms with Crippen molar-refractivity contribution in [2.75, 3.05) is 40.5 Å². The van der Waals surface area contributed by atoms with Gasteiger partial charge in [-0.15, -0.1) is 0 Å². The highest BCUT2D eigenvalue weighted by Crippen LogP contribution is 2.22. The Morgan fingerprint density at radius 2 is 1.91 bits per heavy atom. The molecule has 1 saturated heterocycles. The summed E-state index contributed by atoms with van der Waals surface area (Å²) in [5.74, 6) is -0.941. The van der Waals surface area contributed by atoms with Crippen molar-refractivity contribution in [1.82, 2.24) is 20.4 Å². The molecule has 2 aliphatic rings. The van der Waals surface area contributed by atoms with Crippen molar-refractivity contribution in [2.45, 2.75) is 50.7 Å². The van der Waals surface area contributed by atoms with Gasteiger partial charge in [0.1, 0.15) is 24.4 Å². The third-order valence-electron chi connectivity index (χ3n) is 6.22. The Kier molecular flexibility index (Phi) is 8.86. The summed E-state index contributed by atoms with van der Waals surface area (Å²) in [6.45, 7) is 3.06. The van der Waals surface area contributed by atoms with Crippen molar-refractivity contribution >= 4 is 23.6 Å². The lowest BCUT2D eigenvalue weighted by Gasteiger charge is -2.29. The van der Waals surface area contributed by atoms with Crippen LogP contribution < -0.4 is 15.4 Å². The third kappa shape index (κ3) is 6.25. The summed E-state index contributed by atoms with van der Waals surface area (Å²) >= 11 is 0. The number of likely N-dealkylation sites (tertiary alicyclic amines) is 1. The van der Waals surface area contributed by atoms with E-state index >= 15 is 0 Å². The van der Waals surface area contributed by atoms with Crippen LogP contribution in [0.25, 0.3) is 0 Å². The number of nitrogens with one attached hydrogen (secondary N) is 2. The molecule has 4 amide bonds. The average Bonchev–Trinajstić information content (AvgIpc) is 3.28. The molecule has 1 aromatic carbocycles. The maximum Gasteiger partial charge on any atom is 0.255 e. The molecule has 0 unspecified atom stereocenters. The highest BCUT2D eigenvalue weighted by molar-refractivity contribution is 6.00. The van der Waals surface area contributed by atoms with E-state index in [1.807, 2.05) is 0 Å². The van der Waals surface area contributed by atoms with Gasteiger partial charge in [0.05, 0.1) is 24.8 Å². The van der Waals surface area contributed by atoms with E-state index in [0.29, 0.717) is 18.9 Å². The molecule has 186 valence electrons. The Morgan fingerprint density at radius 1 is 1.15 bits per heavy atom. The Hall–Kier alpha value is -3.14. The summed E-state index contributed by atoms with van der Waals surface area (Å²) in [7, 11) is 3.22. The van der Waals surface area contributed by atoms with Gasteiger partial charge in [-0.3, -0.25) is 19.2 Å². The highest BCUT2D eigenvalue weighted by atomic mass is 16.5. The minimum atomic E-state index is -0.900. The van der Waals surface area contributed by atoms with Gasteiger partial charge >= 0.3 is 0 Å². The first-order valence-corrected chi connectivity index (χ1v) is 11.7. The largest absolute Gasteiger partial charge is 0.491 e. The Morgan fingerprint density at radius 3 is 2.68 bits per heavy atom. The Bertz CT molecular complexity index is 907. The molecule has 2 N–H and O–H groups in total. The lowest BCUT2D eigenvalue weighted by atomic mass is 10.1. The zero-order chi connectivity index (χ0) is 24.7. The van der Waals surface area contributed by atoms with Crippen molar-refractivity contribution < 1.29 is 28.7 Å². The number of nitrogens with zero attached hydrogens (tertiary/aromatic N) is 2. The van der Waals surface area contributed by atoms with Crippen LogP contribution >= 0.6 is 0 Å². The molecule has 34 heavy (non-hydrogen) atoms. The van der Waals surface area contributed by atoms with Gasteiger partial charge in [0.15, 0.2) is 0 Å². The van der Waals surface area contributed by atoms with Gasteiger partial charge in [-0.1, -0.05) is 12.1 Å². The second-order valence-corrected chi connectivity index (χ2v) is 8.74. The van der Waals surface area contributed by atoms with Crippen LogP contribution in [0.2, 0.25) is 0 Å². The molecule has 10 heteroatoms. The number of amides is 4. The standard InChI is InChI=1S/C24H34N4O6/c1-16-23(31)27(2)13-14-34-20-9-5-4-8-18(20)22(30)26-19(10-11-21(29)25-16)24(32)28-12-6-7-17(28)15-33-3/h4-5,8-9,16-17,19H,6-7,10-15H2,1-3H3,(H,25,29)(H,26,30)/t16-,17-,19-/m0/s1. The molecule has 0 aliphatic carbocycles. The van der Waals surface area contributed by atoms with Crippen LogP contribution in [0, 0.1) is 0 Å². The molecule has 0 radical (unpaired) electrons. The number of methoxy groups -OCH3 is 1. The molecular formula is C24H34N4O6. The predicted octanol–water partition coefficient (Wildman–Crippen LogP) is 0.558. The number of benzene rings is 1. The fourth-order valence-corrected chi connectivity index (χ4v) is 4.35. The number of rotatable bonds is 3. The quantitative estimate of drug-likeness (QED) is 0.661. The van der Waals surface area contributed by atoms with Gasteiger partial charge in [-0.25, -0.2) is 0 Å². The molecule has 1 aromatic rings. The average molecular weight is 475 g/mol. The SMILES string of the molecule is COC[C@@H]1CCCN1C(=O)[C@@H]1CCC(=O)N[C@@H](C)C(=O)N(C)CCOc2ccccc2C(=O)N1. The zero-order valence-corrected chi connectivity index (χ0v) is 20.0. The molecular weight excluding hydrogens is 440 g/mol. The van der Waals surface area contributed by atoms with Crippen LogP contribution in [0.1, 0.15) is 43.0 Å². The van der Waals surface area contributed by atoms with Crippen molar-refractivity contribution in [3.63, 3.8) is 0 Å². The molecule has 0 bridgehead atoms. The van der Waals surface area contributed by atoms with Gasteiger partial charge in [0, 0.05) is 27.1 Å². The van der Waals surface area contributed by atoms with Gasteiger partial charge in [0.25, 0.3) is 5.91 Å². The zero-order valence-electron chi connectivity index (χ0n) is 20.0. The number of ether oxygens (including phenoxy) is 2. The monoisotopic (exact) mass is 474 g/mol. The van der Waals surface area contributed by atoms with Crippen LogP contribution in [0.3, 0.4) is 0 Å². The van der Waals surface area contributed by atoms with E-state index < -0.39 is 18.0 Å². The van der Waals surface area contributed by atoms with E-state index in [1.54, 1.807) is 50.2 Å². The van der Waals surface area contributed by atoms with E-state index in [0.717, 1.165) is 12.8 Å². The summed E-state index contributed by atoms with van der Waals surface area (Å²) < 4.78 is 11.1. The van der Waals surface area contributed by atoms with Crippen molar-refractivity contribution in [3.8, 4) is 5.75 Å². The first kappa shape index (κ1) is 25.5. The van der Waals surface area contributed by atoms with E-state index in [1.165, 1.54) is 4.90 Å². The number of likely N-dealkylation sites (N-methyl/N-ethyl adjacent to an activating group) is 1. The molecule has 1 fully saturated rings. The fraction of sp³-hybridized carbons (Fsp3) is 0.583. The molecule has 2 aliphatic heterocycles. The van der Waals surface area contributed by atoms with E-state index in [2.05, 4.69) is 10.6 Å². The van der Waals surface area contributed by atoms with Crippen LogP contribution in [0.15, 0.2) is 24.3 Å². The van der Waals surface area contributed by atoms with Crippen LogP contribution in [0.4, 0.5) is 0 Å². The second-order valence-electron chi connectivity index (χ2n) is 8.74. The molecule has 10 nitrogen and oxygen atoms in total. The van der Waals surface area contributed by atoms with Gasteiger partial charge in [-0.2, -0.15) is 0 Å². The van der Waals surface area contributed by atoms with Gasteiger partial charge in [0.2, 0.25) is 17.7 Å². The Balaban J connectivity index is 1.87. The summed E-state index contributed by atoms with van der Waals surface area (Å²) in [6, 6.07) is 5.08. The topological polar surface area (TPSA) is 117 Å². The predicted molar refractivity (Wildman–Crippen MR) is 124 cm³/mol. The van der Waals surface area contributed by atoms with Gasteiger partial charge in [-0.05, 0) is 38.3 Å². The highest BCUT2D eigenvalue weighted by Gasteiger charge is 2.34. The molecule has 2 heterocycles. The van der Waals surface area contributed by atoms with Crippen molar-refractivity contribution in [2.24, 2.45) is 0 Å². The number of hydrogen-bond donors (Lipinski definition) is 2. The lowest BCUT2D eigenvalue weighted by Crippen LogP contribution is -2.51. The minimum absolute atomic E-state index is 0.0149. The number of carbonyl (C=O) groups excluding carboxylic acids is 4. The summed E-state index contributed by atoms with van der Waals surface area (Å²) in [6.07, 6.45) is 1.76. The molecule has 0 spiro atoms. The fourth-order valence-electron chi connectivity index (χ4n) is 4.35. The summed E-state index contributed by atoms with van der Waals surface area (Å²) in [4.78, 5) is 55.0. The summed E-state index contributed by atoms with van der Waals surface area (Å²) in [5, 5.41) is 5.51. The molecule has 0 saturated carbocycles. The number of fused-ring (bicyclic) bond motifs is 1. The summed E-state index contributed by atoms with van der Waals surface area (Å²) in [5.41, 5.74) is 0.289. The Labute approximate surface area is 199 Å². The maximum absolute atomic E-state index is 13.4. The second kappa shape index (κ2) is 11.8. The van der Waals surface area contributed by atoms with E-state index in [-0.39, 0.29) is 55.3 Å². The number of carbonyl (C=O) groups is 4. The third-order valence-corrected chi connectivity index (χ3v) is 6.22. The van der Waals surface area contributed by atoms with Gasteiger partial charge < -0.3 is 29.9 Å². The molecule has 3 atom stereocenters. The minimum Gasteiger partial charge on any atom is -0.491 e. The number of para-hydroxylation sites is 1.